The number of benzene rings is 1. The van der Waals surface area contributed by atoms with E-state index in [1.165, 1.54) is 34.6 Å². The van der Waals surface area contributed by atoms with Crippen LogP contribution in [0.4, 0.5) is 0 Å². The number of carbonyl (C=O) groups is 2. The number of rotatable bonds is 7. The van der Waals surface area contributed by atoms with Crippen LogP contribution in [0.25, 0.3) is 6.08 Å². The van der Waals surface area contributed by atoms with E-state index >= 15 is 0 Å². The number of hydrogen-bond donors (Lipinski definition) is 2. The third-order valence-corrected chi connectivity index (χ3v) is 7.48. The second-order valence-corrected chi connectivity index (χ2v) is 10.6. The summed E-state index contributed by atoms with van der Waals surface area (Å²) < 4.78 is 28.3. The van der Waals surface area contributed by atoms with Gasteiger partial charge in [0.15, 0.2) is 0 Å². The molecule has 1 fully saturated rings. The zero-order valence-electron chi connectivity index (χ0n) is 18.8. The van der Waals surface area contributed by atoms with Crippen molar-refractivity contribution in [2.24, 2.45) is 5.92 Å². The Morgan fingerprint density at radius 1 is 1.15 bits per heavy atom. The SMILES string of the molecule is Cc1nn(CC(C)C)c(Cl)c1C=CC(=O)NNC(=O)c1ccc(S(=O)(=O)N2CCCC2)cc1. The number of nitrogens with one attached hydrogen (secondary N) is 2. The van der Waals surface area contributed by atoms with Gasteiger partial charge in [0.05, 0.1) is 10.6 Å². The van der Waals surface area contributed by atoms with Crippen LogP contribution in [-0.2, 0) is 21.4 Å². The van der Waals surface area contributed by atoms with Gasteiger partial charge >= 0.3 is 0 Å². The van der Waals surface area contributed by atoms with E-state index in [1.54, 1.807) is 17.7 Å². The Labute approximate surface area is 198 Å². The molecule has 11 heteroatoms. The first-order chi connectivity index (χ1) is 15.6. The molecule has 9 nitrogen and oxygen atoms in total. The zero-order valence-corrected chi connectivity index (χ0v) is 20.4. The molecule has 0 aliphatic carbocycles. The predicted octanol–water partition coefficient (Wildman–Crippen LogP) is 2.76. The fourth-order valence-corrected chi connectivity index (χ4v) is 5.29. The molecule has 0 unspecified atom stereocenters. The maximum atomic E-state index is 12.6. The van der Waals surface area contributed by atoms with Crippen molar-refractivity contribution in [3.8, 4) is 0 Å². The predicted molar refractivity (Wildman–Crippen MR) is 126 cm³/mol. The highest BCUT2D eigenvalue weighted by Crippen LogP contribution is 2.22. The molecule has 33 heavy (non-hydrogen) atoms. The molecular formula is C22H28ClN5O4S. The molecule has 2 heterocycles. The third-order valence-electron chi connectivity index (χ3n) is 5.17. The summed E-state index contributed by atoms with van der Waals surface area (Å²) in [6.07, 6.45) is 4.49. The standard InChI is InChI=1S/C22H28ClN5O4S/c1-15(2)14-28-21(23)19(16(3)26-28)10-11-20(29)24-25-22(30)17-6-8-18(9-7-17)33(31,32)27-12-4-5-13-27/h6-11,15H,4-5,12-14H2,1-3H3,(H,24,29)(H,25,30). The van der Waals surface area contributed by atoms with Gasteiger partial charge in [-0.25, -0.2) is 8.42 Å². The summed E-state index contributed by atoms with van der Waals surface area (Å²) in [6.45, 7) is 7.59. The quantitative estimate of drug-likeness (QED) is 0.455. The van der Waals surface area contributed by atoms with E-state index in [4.69, 9.17) is 11.6 Å². The zero-order chi connectivity index (χ0) is 24.2. The van der Waals surface area contributed by atoms with E-state index in [9.17, 15) is 18.0 Å². The van der Waals surface area contributed by atoms with Gasteiger partial charge in [0.2, 0.25) is 10.0 Å². The summed E-state index contributed by atoms with van der Waals surface area (Å²) in [5, 5.41) is 4.82. The van der Waals surface area contributed by atoms with Crippen molar-refractivity contribution >= 4 is 39.5 Å². The lowest BCUT2D eigenvalue weighted by Gasteiger charge is -2.15. The lowest BCUT2D eigenvalue weighted by atomic mass is 10.2. The first-order valence-corrected chi connectivity index (χ1v) is 12.5. The minimum Gasteiger partial charge on any atom is -0.268 e. The van der Waals surface area contributed by atoms with Crippen molar-refractivity contribution in [1.82, 2.24) is 24.9 Å². The number of hydrazine groups is 1. The van der Waals surface area contributed by atoms with E-state index in [1.807, 2.05) is 0 Å². The van der Waals surface area contributed by atoms with Crippen molar-refractivity contribution in [2.45, 2.75) is 45.1 Å². The van der Waals surface area contributed by atoms with E-state index in [-0.39, 0.29) is 10.5 Å². The molecule has 1 saturated heterocycles. The normalized spacial score (nSPS) is 14.8. The molecule has 1 aliphatic heterocycles. The van der Waals surface area contributed by atoms with Crippen molar-refractivity contribution in [1.29, 1.82) is 0 Å². The number of nitrogens with zero attached hydrogens (tertiary/aromatic N) is 3. The van der Waals surface area contributed by atoms with E-state index < -0.39 is 21.8 Å². The van der Waals surface area contributed by atoms with Gasteiger partial charge in [-0.1, -0.05) is 25.4 Å². The van der Waals surface area contributed by atoms with Gasteiger partial charge in [0, 0.05) is 36.8 Å². The molecule has 2 N–H and O–H groups in total. The smallest absolute Gasteiger partial charge is 0.268 e. The topological polar surface area (TPSA) is 113 Å². The van der Waals surface area contributed by atoms with Crippen LogP contribution in [0.2, 0.25) is 5.15 Å². The third kappa shape index (κ3) is 6.01. The Hall–Kier alpha value is -2.69. The highest BCUT2D eigenvalue weighted by atomic mass is 35.5. The number of hydrogen-bond acceptors (Lipinski definition) is 5. The molecule has 2 amide bonds. The van der Waals surface area contributed by atoms with Gasteiger partial charge in [-0.3, -0.25) is 25.1 Å². The molecule has 1 aliphatic rings. The van der Waals surface area contributed by atoms with Crippen LogP contribution in [-0.4, -0.2) is 47.4 Å². The van der Waals surface area contributed by atoms with Crippen molar-refractivity contribution < 1.29 is 18.0 Å². The lowest BCUT2D eigenvalue weighted by Crippen LogP contribution is -2.40. The van der Waals surface area contributed by atoms with E-state index in [2.05, 4.69) is 29.8 Å². The molecule has 0 saturated carbocycles. The van der Waals surface area contributed by atoms with Crippen LogP contribution in [0.1, 0.15) is 48.3 Å². The van der Waals surface area contributed by atoms with Crippen LogP contribution in [0.15, 0.2) is 35.2 Å². The molecule has 0 bridgehead atoms. The largest absolute Gasteiger partial charge is 0.269 e. The number of aryl methyl sites for hydroxylation is 1. The summed E-state index contributed by atoms with van der Waals surface area (Å²) in [7, 11) is -3.55. The van der Waals surface area contributed by atoms with Gasteiger partial charge < -0.3 is 0 Å². The number of sulfonamides is 1. The summed E-state index contributed by atoms with van der Waals surface area (Å²) in [5.41, 5.74) is 6.14. The van der Waals surface area contributed by atoms with Crippen LogP contribution < -0.4 is 10.9 Å². The first kappa shape index (κ1) is 24.9. The van der Waals surface area contributed by atoms with Crippen molar-refractivity contribution in [3.63, 3.8) is 0 Å². The second-order valence-electron chi connectivity index (χ2n) is 8.28. The fraction of sp³-hybridized carbons (Fsp3) is 0.409. The molecule has 1 aromatic carbocycles. The number of carbonyl (C=O) groups excluding carboxylic acids is 2. The maximum absolute atomic E-state index is 12.6. The van der Waals surface area contributed by atoms with Gasteiger partial charge in [0.1, 0.15) is 5.15 Å². The van der Waals surface area contributed by atoms with Gasteiger partial charge in [-0.05, 0) is 56.0 Å². The molecular weight excluding hydrogens is 466 g/mol. The Kier molecular flexibility index (Phi) is 7.93. The summed E-state index contributed by atoms with van der Waals surface area (Å²) in [5.74, 6) is -0.754. The summed E-state index contributed by atoms with van der Waals surface area (Å²) in [6, 6.07) is 5.60. The average Bonchev–Trinajstić information content (AvgIpc) is 3.40. The molecule has 3 rings (SSSR count). The Morgan fingerprint density at radius 3 is 2.39 bits per heavy atom. The highest BCUT2D eigenvalue weighted by Gasteiger charge is 2.27. The number of aromatic nitrogens is 2. The van der Waals surface area contributed by atoms with E-state index in [0.717, 1.165) is 12.8 Å². The van der Waals surface area contributed by atoms with Crippen molar-refractivity contribution in [2.75, 3.05) is 13.1 Å². The molecule has 2 aromatic rings. The van der Waals surface area contributed by atoms with Crippen LogP contribution in [0.5, 0.6) is 0 Å². The summed E-state index contributed by atoms with van der Waals surface area (Å²) >= 11 is 6.35. The van der Waals surface area contributed by atoms with Crippen LogP contribution in [0.3, 0.4) is 0 Å². The van der Waals surface area contributed by atoms with Gasteiger partial charge in [-0.15, -0.1) is 0 Å². The van der Waals surface area contributed by atoms with Crippen molar-refractivity contribution in [3.05, 3.63) is 52.3 Å². The minimum absolute atomic E-state index is 0.137. The molecule has 0 radical (unpaired) electrons. The van der Waals surface area contributed by atoms with Gasteiger partial charge in [-0.2, -0.15) is 9.40 Å². The van der Waals surface area contributed by atoms with Gasteiger partial charge in [0.25, 0.3) is 11.8 Å². The Balaban J connectivity index is 1.57. The monoisotopic (exact) mass is 493 g/mol. The molecule has 0 atom stereocenters. The van der Waals surface area contributed by atoms with Crippen LogP contribution >= 0.6 is 11.6 Å². The summed E-state index contributed by atoms with van der Waals surface area (Å²) in [4.78, 5) is 24.6. The van der Waals surface area contributed by atoms with Crippen LogP contribution in [0, 0.1) is 12.8 Å². The Morgan fingerprint density at radius 2 is 1.79 bits per heavy atom. The fourth-order valence-electron chi connectivity index (χ4n) is 3.47. The Bertz CT molecular complexity index is 1150. The molecule has 0 spiro atoms. The number of halogens is 1. The molecule has 178 valence electrons. The highest BCUT2D eigenvalue weighted by molar-refractivity contribution is 7.89. The number of amides is 2. The average molecular weight is 494 g/mol. The minimum atomic E-state index is -3.55. The maximum Gasteiger partial charge on any atom is 0.269 e. The van der Waals surface area contributed by atoms with E-state index in [0.29, 0.717) is 42.0 Å². The molecule has 1 aromatic heterocycles. The first-order valence-electron chi connectivity index (χ1n) is 10.7. The lowest BCUT2D eigenvalue weighted by molar-refractivity contribution is -0.117. The second kappa shape index (κ2) is 10.5.